The standard InChI is InChI=1S/C7H13N5O/c1-2-12(4-3-8)7(13)6-5-9-11-10-6/h5H,2-4,8H2,1H3,(H,9,10,11). The number of nitrogens with zero attached hydrogens (tertiary/aromatic N) is 3. The highest BCUT2D eigenvalue weighted by molar-refractivity contribution is 5.91. The van der Waals surface area contributed by atoms with Gasteiger partial charge >= 0.3 is 0 Å². The van der Waals surface area contributed by atoms with Crippen molar-refractivity contribution in [2.75, 3.05) is 19.6 Å². The Morgan fingerprint density at radius 2 is 2.54 bits per heavy atom. The van der Waals surface area contributed by atoms with Crippen LogP contribution in [0.25, 0.3) is 0 Å². The van der Waals surface area contributed by atoms with E-state index in [9.17, 15) is 4.79 Å². The molecular formula is C7H13N5O. The van der Waals surface area contributed by atoms with Gasteiger partial charge in [-0.05, 0) is 6.92 Å². The number of amides is 1. The summed E-state index contributed by atoms with van der Waals surface area (Å²) in [6.45, 7) is 3.52. The zero-order valence-electron chi connectivity index (χ0n) is 7.53. The summed E-state index contributed by atoms with van der Waals surface area (Å²) >= 11 is 0. The summed E-state index contributed by atoms with van der Waals surface area (Å²) in [5, 5.41) is 9.66. The van der Waals surface area contributed by atoms with Gasteiger partial charge in [0.25, 0.3) is 5.91 Å². The molecule has 0 atom stereocenters. The van der Waals surface area contributed by atoms with Crippen LogP contribution in [0.15, 0.2) is 6.20 Å². The first kappa shape index (κ1) is 9.66. The highest BCUT2D eigenvalue weighted by Gasteiger charge is 2.15. The van der Waals surface area contributed by atoms with Gasteiger partial charge in [-0.3, -0.25) is 4.79 Å². The molecule has 0 spiro atoms. The van der Waals surface area contributed by atoms with E-state index in [0.29, 0.717) is 25.3 Å². The lowest BCUT2D eigenvalue weighted by Crippen LogP contribution is -2.35. The summed E-state index contributed by atoms with van der Waals surface area (Å²) in [5.41, 5.74) is 5.69. The van der Waals surface area contributed by atoms with Crippen molar-refractivity contribution in [3.8, 4) is 0 Å². The van der Waals surface area contributed by atoms with E-state index in [0.717, 1.165) is 0 Å². The molecule has 0 unspecified atom stereocenters. The number of nitrogens with one attached hydrogen (secondary N) is 1. The Hall–Kier alpha value is -1.43. The molecule has 0 saturated carbocycles. The highest BCUT2D eigenvalue weighted by atomic mass is 16.2. The normalized spacial score (nSPS) is 10.0. The van der Waals surface area contributed by atoms with E-state index in [2.05, 4.69) is 15.4 Å². The molecule has 0 aliphatic heterocycles. The van der Waals surface area contributed by atoms with Crippen molar-refractivity contribution in [1.29, 1.82) is 0 Å². The van der Waals surface area contributed by atoms with Crippen molar-refractivity contribution in [2.45, 2.75) is 6.92 Å². The van der Waals surface area contributed by atoms with Crippen LogP contribution in [0.2, 0.25) is 0 Å². The number of aromatic amines is 1. The monoisotopic (exact) mass is 183 g/mol. The molecule has 1 heterocycles. The first-order chi connectivity index (χ1) is 6.29. The zero-order chi connectivity index (χ0) is 9.68. The van der Waals surface area contributed by atoms with Gasteiger partial charge in [-0.15, -0.1) is 0 Å². The predicted octanol–water partition coefficient (Wildman–Crippen LogP) is -0.774. The smallest absolute Gasteiger partial charge is 0.276 e. The Morgan fingerprint density at radius 3 is 3.00 bits per heavy atom. The van der Waals surface area contributed by atoms with E-state index in [4.69, 9.17) is 5.73 Å². The molecule has 1 amide bonds. The average Bonchev–Trinajstić information content (AvgIpc) is 2.65. The van der Waals surface area contributed by atoms with Gasteiger partial charge in [0.2, 0.25) is 0 Å². The maximum absolute atomic E-state index is 11.6. The van der Waals surface area contributed by atoms with E-state index < -0.39 is 0 Å². The van der Waals surface area contributed by atoms with E-state index in [1.165, 1.54) is 6.20 Å². The van der Waals surface area contributed by atoms with Crippen LogP contribution in [0.3, 0.4) is 0 Å². The number of carbonyl (C=O) groups is 1. The van der Waals surface area contributed by atoms with Crippen molar-refractivity contribution in [3.63, 3.8) is 0 Å². The van der Waals surface area contributed by atoms with Crippen LogP contribution in [-0.2, 0) is 0 Å². The number of hydrogen-bond acceptors (Lipinski definition) is 4. The summed E-state index contributed by atoms with van der Waals surface area (Å²) in [5.74, 6) is -0.137. The summed E-state index contributed by atoms with van der Waals surface area (Å²) < 4.78 is 0. The topological polar surface area (TPSA) is 87.9 Å². The van der Waals surface area contributed by atoms with Gasteiger partial charge in [0, 0.05) is 19.6 Å². The fourth-order valence-corrected chi connectivity index (χ4v) is 1.03. The predicted molar refractivity (Wildman–Crippen MR) is 47.0 cm³/mol. The number of aromatic nitrogens is 3. The number of hydrogen-bond donors (Lipinski definition) is 2. The minimum atomic E-state index is -0.137. The molecule has 0 bridgehead atoms. The van der Waals surface area contributed by atoms with Crippen molar-refractivity contribution in [3.05, 3.63) is 11.9 Å². The Morgan fingerprint density at radius 1 is 1.77 bits per heavy atom. The first-order valence-electron chi connectivity index (χ1n) is 4.14. The minimum absolute atomic E-state index is 0.137. The third-order valence-corrected chi connectivity index (χ3v) is 1.70. The maximum atomic E-state index is 11.6. The number of carbonyl (C=O) groups excluding carboxylic acids is 1. The SMILES string of the molecule is CCN(CCN)C(=O)c1cn[nH]n1. The van der Waals surface area contributed by atoms with Crippen LogP contribution in [0.5, 0.6) is 0 Å². The molecule has 0 fully saturated rings. The maximum Gasteiger partial charge on any atom is 0.276 e. The van der Waals surface area contributed by atoms with Gasteiger partial charge < -0.3 is 10.6 Å². The average molecular weight is 183 g/mol. The fourth-order valence-electron chi connectivity index (χ4n) is 1.03. The number of rotatable bonds is 4. The van der Waals surface area contributed by atoms with E-state index in [1.54, 1.807) is 4.90 Å². The lowest BCUT2D eigenvalue weighted by Gasteiger charge is -2.17. The number of H-pyrrole nitrogens is 1. The van der Waals surface area contributed by atoms with Crippen LogP contribution in [0.4, 0.5) is 0 Å². The molecule has 6 heteroatoms. The zero-order valence-corrected chi connectivity index (χ0v) is 7.53. The Kier molecular flexibility index (Phi) is 3.39. The van der Waals surface area contributed by atoms with Gasteiger partial charge in [0.1, 0.15) is 0 Å². The second-order valence-electron chi connectivity index (χ2n) is 2.53. The largest absolute Gasteiger partial charge is 0.336 e. The molecule has 3 N–H and O–H groups in total. The first-order valence-corrected chi connectivity index (χ1v) is 4.14. The molecule has 0 radical (unpaired) electrons. The van der Waals surface area contributed by atoms with Crippen LogP contribution in [0.1, 0.15) is 17.4 Å². The molecule has 0 aliphatic carbocycles. The lowest BCUT2D eigenvalue weighted by atomic mass is 10.3. The van der Waals surface area contributed by atoms with E-state index in [-0.39, 0.29) is 5.91 Å². The number of likely N-dealkylation sites (N-methyl/N-ethyl adjacent to an activating group) is 1. The molecule has 6 nitrogen and oxygen atoms in total. The van der Waals surface area contributed by atoms with Crippen molar-refractivity contribution >= 4 is 5.91 Å². The molecule has 72 valence electrons. The second kappa shape index (κ2) is 4.56. The Bertz CT molecular complexity index is 258. The highest BCUT2D eigenvalue weighted by Crippen LogP contribution is 1.97. The Balaban J connectivity index is 2.65. The fraction of sp³-hybridized carbons (Fsp3) is 0.571. The molecule has 1 rings (SSSR count). The third-order valence-electron chi connectivity index (χ3n) is 1.70. The third kappa shape index (κ3) is 2.25. The van der Waals surface area contributed by atoms with Gasteiger partial charge in [-0.25, -0.2) is 0 Å². The summed E-state index contributed by atoms with van der Waals surface area (Å²) in [4.78, 5) is 13.2. The van der Waals surface area contributed by atoms with Crippen LogP contribution < -0.4 is 5.73 Å². The minimum Gasteiger partial charge on any atom is -0.336 e. The van der Waals surface area contributed by atoms with Gasteiger partial charge in [-0.2, -0.15) is 15.4 Å². The molecule has 13 heavy (non-hydrogen) atoms. The van der Waals surface area contributed by atoms with Gasteiger partial charge in [0.05, 0.1) is 6.20 Å². The molecular weight excluding hydrogens is 170 g/mol. The lowest BCUT2D eigenvalue weighted by molar-refractivity contribution is 0.0763. The molecule has 0 saturated heterocycles. The van der Waals surface area contributed by atoms with Gasteiger partial charge in [-0.1, -0.05) is 0 Å². The van der Waals surface area contributed by atoms with Crippen LogP contribution in [0, 0.1) is 0 Å². The Labute approximate surface area is 76.1 Å². The molecule has 1 aromatic heterocycles. The van der Waals surface area contributed by atoms with Crippen molar-refractivity contribution < 1.29 is 4.79 Å². The van der Waals surface area contributed by atoms with Crippen LogP contribution in [-0.4, -0.2) is 45.9 Å². The quantitative estimate of drug-likeness (QED) is 0.641. The van der Waals surface area contributed by atoms with Gasteiger partial charge in [0.15, 0.2) is 5.69 Å². The van der Waals surface area contributed by atoms with Crippen LogP contribution >= 0.6 is 0 Å². The molecule has 0 aromatic carbocycles. The molecule has 0 aliphatic rings. The summed E-state index contributed by atoms with van der Waals surface area (Å²) in [6.07, 6.45) is 1.40. The van der Waals surface area contributed by atoms with E-state index in [1.807, 2.05) is 6.92 Å². The number of nitrogens with two attached hydrogens (primary N) is 1. The molecule has 1 aromatic rings. The second-order valence-corrected chi connectivity index (χ2v) is 2.53. The van der Waals surface area contributed by atoms with Crippen molar-refractivity contribution in [1.82, 2.24) is 20.3 Å². The summed E-state index contributed by atoms with van der Waals surface area (Å²) in [6, 6.07) is 0. The summed E-state index contributed by atoms with van der Waals surface area (Å²) in [7, 11) is 0. The van der Waals surface area contributed by atoms with Crippen molar-refractivity contribution in [2.24, 2.45) is 5.73 Å². The van der Waals surface area contributed by atoms with E-state index >= 15 is 0 Å².